The van der Waals surface area contributed by atoms with Gasteiger partial charge in [-0.3, -0.25) is 9.97 Å². The van der Waals surface area contributed by atoms with Gasteiger partial charge in [0.1, 0.15) is 0 Å². The number of fused-ring (bicyclic) bond motifs is 8. The number of nitrogens with zero attached hydrogens (tertiary/aromatic N) is 4. The molecule has 0 radical (unpaired) electrons. The zero-order valence-electron chi connectivity index (χ0n) is 33.3. The third kappa shape index (κ3) is 4.63. The summed E-state index contributed by atoms with van der Waals surface area (Å²) in [7, 11) is 0. The van der Waals surface area contributed by atoms with Gasteiger partial charge in [0.2, 0.25) is 0 Å². The van der Waals surface area contributed by atoms with Crippen LogP contribution in [0.25, 0.3) is 88.4 Å². The second-order valence-corrected chi connectivity index (χ2v) is 16.7. The van der Waals surface area contributed by atoms with Gasteiger partial charge >= 0.3 is 0 Å². The standard InChI is InChI=1S/C54H42N4/c1-31-9-5-7-11-39(31)35-15-19-47-43(25-35)45-27-37-13-18-42-52-38(14-17-41(51(37)52)53(45)57(47)49-29-55-23-21-33(49)3)28-46-44-26-36(40-12-8-6-10-32(40)2)16-20-48(44)58(54(42)46)50-30-56-24-22-34(50)4/h5-12,15-16,19-30H,13-14,17-18H2,1-4H3. The van der Waals surface area contributed by atoms with Crippen molar-refractivity contribution in [3.8, 4) is 44.8 Å². The van der Waals surface area contributed by atoms with Gasteiger partial charge in [0.05, 0.1) is 45.8 Å². The van der Waals surface area contributed by atoms with Gasteiger partial charge in [0.15, 0.2) is 0 Å². The lowest BCUT2D eigenvalue weighted by molar-refractivity contribution is 0.882. The van der Waals surface area contributed by atoms with Crippen LogP contribution in [0, 0.1) is 27.7 Å². The molecule has 0 bridgehead atoms. The molecule has 4 heteroatoms. The third-order valence-electron chi connectivity index (χ3n) is 13.4. The Morgan fingerprint density at radius 1 is 0.431 bits per heavy atom. The van der Waals surface area contributed by atoms with E-state index in [1.165, 1.54) is 122 Å². The molecule has 4 aromatic heterocycles. The van der Waals surface area contributed by atoms with Gasteiger partial charge in [-0.1, -0.05) is 60.7 Å². The van der Waals surface area contributed by atoms with Crippen LogP contribution in [-0.2, 0) is 25.7 Å². The Morgan fingerprint density at radius 3 is 1.31 bits per heavy atom. The Morgan fingerprint density at radius 2 is 0.879 bits per heavy atom. The SMILES string of the molecule is Cc1ccccc1-c1ccc2c(c1)c1cc3c4c(c1n2-c1cnccc1C)CCc1cc2c5cc(-c6ccccc6C)ccc5n(-c5cnccc5C)c2c(c1-4)CC3. The van der Waals surface area contributed by atoms with Crippen LogP contribution in [0.15, 0.2) is 134 Å². The molecule has 58 heavy (non-hydrogen) atoms. The number of pyridine rings is 2. The van der Waals surface area contributed by atoms with E-state index in [1.807, 2.05) is 12.4 Å². The van der Waals surface area contributed by atoms with Crippen LogP contribution in [0.1, 0.15) is 44.5 Å². The summed E-state index contributed by atoms with van der Waals surface area (Å²) in [6.45, 7) is 8.86. The predicted octanol–water partition coefficient (Wildman–Crippen LogP) is 13.1. The van der Waals surface area contributed by atoms with Crippen molar-refractivity contribution in [3.63, 3.8) is 0 Å². The average molecular weight is 747 g/mol. The van der Waals surface area contributed by atoms with Crippen molar-refractivity contribution in [2.75, 3.05) is 0 Å². The van der Waals surface area contributed by atoms with E-state index in [4.69, 9.17) is 0 Å². The Hall–Kier alpha value is -6.78. The summed E-state index contributed by atoms with van der Waals surface area (Å²) in [5.41, 5.74) is 26.4. The summed E-state index contributed by atoms with van der Waals surface area (Å²) >= 11 is 0. The van der Waals surface area contributed by atoms with Crippen LogP contribution in [-0.4, -0.2) is 19.1 Å². The fourth-order valence-corrected chi connectivity index (χ4v) is 10.7. The molecule has 0 saturated carbocycles. The van der Waals surface area contributed by atoms with Gasteiger partial charge in [-0.05, 0) is 180 Å². The molecule has 6 aromatic carbocycles. The summed E-state index contributed by atoms with van der Waals surface area (Å²) < 4.78 is 5.07. The number of aryl methyl sites for hydroxylation is 8. The number of hydrogen-bond acceptors (Lipinski definition) is 2. The molecule has 0 unspecified atom stereocenters. The number of rotatable bonds is 4. The molecule has 4 nitrogen and oxygen atoms in total. The average Bonchev–Trinajstić information content (AvgIpc) is 3.75. The van der Waals surface area contributed by atoms with Crippen molar-refractivity contribution < 1.29 is 0 Å². The first kappa shape index (κ1) is 33.4. The molecular weight excluding hydrogens is 705 g/mol. The smallest absolute Gasteiger partial charge is 0.0674 e. The highest BCUT2D eigenvalue weighted by Gasteiger charge is 2.33. The lowest BCUT2D eigenvalue weighted by Crippen LogP contribution is -2.16. The van der Waals surface area contributed by atoms with Crippen LogP contribution >= 0.6 is 0 Å². The fourth-order valence-electron chi connectivity index (χ4n) is 10.7. The van der Waals surface area contributed by atoms with Crippen molar-refractivity contribution in [2.45, 2.75) is 53.4 Å². The zero-order chi connectivity index (χ0) is 38.8. The van der Waals surface area contributed by atoms with Crippen molar-refractivity contribution in [3.05, 3.63) is 178 Å². The largest absolute Gasteiger partial charge is 0.307 e. The second-order valence-electron chi connectivity index (χ2n) is 16.7. The first-order valence-electron chi connectivity index (χ1n) is 20.6. The minimum absolute atomic E-state index is 0.993. The lowest BCUT2D eigenvalue weighted by Gasteiger charge is -2.31. The number of aromatic nitrogens is 4. The lowest BCUT2D eigenvalue weighted by atomic mass is 9.74. The maximum Gasteiger partial charge on any atom is 0.0674 e. The van der Waals surface area contributed by atoms with Gasteiger partial charge in [0, 0.05) is 33.9 Å². The van der Waals surface area contributed by atoms with E-state index >= 15 is 0 Å². The van der Waals surface area contributed by atoms with Crippen LogP contribution in [0.5, 0.6) is 0 Å². The summed E-state index contributed by atoms with van der Waals surface area (Å²) in [5, 5.41) is 5.31. The molecule has 0 N–H and O–H groups in total. The number of hydrogen-bond donors (Lipinski definition) is 0. The van der Waals surface area contributed by atoms with Gasteiger partial charge in [0.25, 0.3) is 0 Å². The van der Waals surface area contributed by atoms with Gasteiger partial charge in [-0.2, -0.15) is 0 Å². The summed E-state index contributed by atoms with van der Waals surface area (Å²) in [6, 6.07) is 41.1. The zero-order valence-corrected chi connectivity index (χ0v) is 33.3. The molecule has 0 spiro atoms. The first-order chi connectivity index (χ1) is 28.4. The summed E-state index contributed by atoms with van der Waals surface area (Å²) in [4.78, 5) is 9.37. The highest BCUT2D eigenvalue weighted by Crippen LogP contribution is 2.52. The van der Waals surface area contributed by atoms with E-state index < -0.39 is 0 Å². The maximum atomic E-state index is 4.68. The topological polar surface area (TPSA) is 35.6 Å². The molecule has 10 aromatic rings. The molecule has 0 aliphatic heterocycles. The molecule has 2 aliphatic carbocycles. The highest BCUT2D eigenvalue weighted by molar-refractivity contribution is 6.17. The highest BCUT2D eigenvalue weighted by atomic mass is 15.0. The van der Waals surface area contributed by atoms with Gasteiger partial charge in [-0.25, -0.2) is 0 Å². The molecule has 4 heterocycles. The van der Waals surface area contributed by atoms with Crippen LogP contribution in [0.3, 0.4) is 0 Å². The van der Waals surface area contributed by atoms with Crippen LogP contribution in [0.2, 0.25) is 0 Å². The number of benzene rings is 6. The quantitative estimate of drug-likeness (QED) is 0.180. The Labute approximate surface area is 338 Å². The Balaban J connectivity index is 1.18. The van der Waals surface area contributed by atoms with Crippen molar-refractivity contribution >= 4 is 43.6 Å². The molecule has 2 aliphatic rings. The first-order valence-corrected chi connectivity index (χ1v) is 20.6. The fraction of sp³-hybridized carbons (Fsp3) is 0.148. The molecule has 0 amide bonds. The van der Waals surface area contributed by atoms with Crippen molar-refractivity contribution in [1.82, 2.24) is 19.1 Å². The van der Waals surface area contributed by atoms with E-state index in [0.29, 0.717) is 0 Å². The minimum atomic E-state index is 0.993. The van der Waals surface area contributed by atoms with Crippen LogP contribution in [0.4, 0.5) is 0 Å². The minimum Gasteiger partial charge on any atom is -0.307 e. The van der Waals surface area contributed by atoms with Crippen molar-refractivity contribution in [2.24, 2.45) is 0 Å². The second kappa shape index (κ2) is 12.4. The van der Waals surface area contributed by atoms with Gasteiger partial charge < -0.3 is 9.13 Å². The van der Waals surface area contributed by atoms with Crippen molar-refractivity contribution in [1.29, 1.82) is 0 Å². The third-order valence-corrected chi connectivity index (χ3v) is 13.4. The molecule has 0 saturated heterocycles. The summed E-state index contributed by atoms with van der Waals surface area (Å²) in [5.74, 6) is 0. The molecule has 0 atom stereocenters. The normalized spacial score (nSPS) is 13.2. The van der Waals surface area contributed by atoms with E-state index in [-0.39, 0.29) is 0 Å². The molecule has 0 fully saturated rings. The molecular formula is C54H42N4. The maximum absolute atomic E-state index is 4.68. The van der Waals surface area contributed by atoms with E-state index in [0.717, 1.165) is 37.1 Å². The Bertz CT molecular complexity index is 3170. The predicted molar refractivity (Wildman–Crippen MR) is 241 cm³/mol. The summed E-state index contributed by atoms with van der Waals surface area (Å²) in [6.07, 6.45) is 11.9. The van der Waals surface area contributed by atoms with Crippen LogP contribution < -0.4 is 0 Å². The van der Waals surface area contributed by atoms with E-state index in [1.54, 1.807) is 0 Å². The monoisotopic (exact) mass is 746 g/mol. The van der Waals surface area contributed by atoms with Gasteiger partial charge in [-0.15, -0.1) is 0 Å². The van der Waals surface area contributed by atoms with E-state index in [2.05, 4.69) is 168 Å². The molecule has 12 rings (SSSR count). The Kier molecular flexibility index (Phi) is 7.11. The molecule has 278 valence electrons. The van der Waals surface area contributed by atoms with E-state index in [9.17, 15) is 0 Å².